The van der Waals surface area contributed by atoms with Crippen molar-refractivity contribution in [1.29, 1.82) is 0 Å². The number of piperidine rings is 1. The van der Waals surface area contributed by atoms with E-state index in [2.05, 4.69) is 11.8 Å². The van der Waals surface area contributed by atoms with Crippen LogP contribution in [0.25, 0.3) is 6.08 Å². The standard InChI is InChI=1S/C33H45NO7/c1-5-34-17-31(18-38-2)14-13-23(35)33-21-15-20-22(39-3)16-32(37,26(30(33)34)28(40-4)29(31)33)25(21)27(20)41-24(36)12-11-19-9-7-6-8-10-19/h6-12,20-23,25-30,35,37H,5,13-18H2,1-4H3/b12-11+/t20-,21-,22-,23+,25-,26+,27+,28+,29-,30-,31+,32-,33+/m1/s1. The van der Waals surface area contributed by atoms with E-state index in [4.69, 9.17) is 18.9 Å². The van der Waals surface area contributed by atoms with Crippen LogP contribution in [-0.4, -0.2) is 98.2 Å². The fourth-order valence-corrected chi connectivity index (χ4v) is 11.7. The maximum atomic E-state index is 13.3. The first-order valence-electron chi connectivity index (χ1n) is 15.4. The molecule has 0 radical (unpaired) electrons. The number of carbonyl (C=O) groups excluding carboxylic acids is 1. The summed E-state index contributed by atoms with van der Waals surface area (Å²) in [6.07, 6.45) is 4.57. The highest BCUT2D eigenvalue weighted by Crippen LogP contribution is 2.79. The molecule has 5 saturated carbocycles. The van der Waals surface area contributed by atoms with Gasteiger partial charge in [-0.1, -0.05) is 37.3 Å². The molecule has 1 saturated heterocycles. The molecule has 1 heterocycles. The Bertz CT molecular complexity index is 1190. The normalized spacial score (nSPS) is 49.4. The lowest BCUT2D eigenvalue weighted by atomic mass is 9.43. The molecule has 2 N–H and O–H groups in total. The number of fused-ring (bicyclic) bond motifs is 2. The first-order valence-corrected chi connectivity index (χ1v) is 15.4. The van der Waals surface area contributed by atoms with Crippen LogP contribution in [0, 0.1) is 40.4 Å². The van der Waals surface area contributed by atoms with Crippen molar-refractivity contribution in [2.75, 3.05) is 41.0 Å². The molecule has 224 valence electrons. The van der Waals surface area contributed by atoms with Gasteiger partial charge >= 0.3 is 5.97 Å². The number of nitrogens with zero attached hydrogens (tertiary/aromatic N) is 1. The van der Waals surface area contributed by atoms with Crippen molar-refractivity contribution in [2.45, 2.75) is 68.7 Å². The molecular weight excluding hydrogens is 522 g/mol. The second-order valence-corrected chi connectivity index (χ2v) is 13.7. The van der Waals surface area contributed by atoms with Crippen molar-refractivity contribution >= 4 is 12.0 Å². The summed E-state index contributed by atoms with van der Waals surface area (Å²) < 4.78 is 24.7. The average Bonchev–Trinajstić information content (AvgIpc) is 3.41. The van der Waals surface area contributed by atoms with Gasteiger partial charge in [-0.3, -0.25) is 4.90 Å². The molecule has 13 atom stereocenters. The Morgan fingerprint density at radius 2 is 1.90 bits per heavy atom. The SMILES string of the molecule is CCN1C[C@]2(COC)CC[C@H](O)[C@@]34[C@@H]5C[C@H]6[C@H](OC(=O)/C=C/c7ccccc7)[C@@H]5[C@](O)(C[C@H]6OC)[C@@H]([C@H](OC)[C@H]23)[C@@H]14. The topological polar surface area (TPSA) is 97.7 Å². The van der Waals surface area contributed by atoms with Crippen LogP contribution in [0.5, 0.6) is 0 Å². The van der Waals surface area contributed by atoms with Crippen LogP contribution in [0.2, 0.25) is 0 Å². The molecule has 8 heteroatoms. The summed E-state index contributed by atoms with van der Waals surface area (Å²) in [6.45, 7) is 4.50. The number of methoxy groups -OCH3 is 3. The maximum Gasteiger partial charge on any atom is 0.331 e. The molecule has 5 aliphatic carbocycles. The van der Waals surface area contributed by atoms with Crippen LogP contribution in [0.3, 0.4) is 0 Å². The lowest BCUT2D eigenvalue weighted by Gasteiger charge is -2.68. The van der Waals surface area contributed by atoms with Crippen molar-refractivity contribution in [3.05, 3.63) is 42.0 Å². The molecule has 0 unspecified atom stereocenters. The number of aliphatic hydroxyl groups excluding tert-OH is 1. The zero-order chi connectivity index (χ0) is 28.7. The van der Waals surface area contributed by atoms with Crippen LogP contribution in [0.15, 0.2) is 36.4 Å². The zero-order valence-electron chi connectivity index (χ0n) is 24.6. The number of aliphatic hydroxyl groups is 2. The van der Waals surface area contributed by atoms with Crippen LogP contribution >= 0.6 is 0 Å². The van der Waals surface area contributed by atoms with Gasteiger partial charge in [0, 0.05) is 80.9 Å². The Labute approximate surface area is 243 Å². The lowest BCUT2D eigenvalue weighted by Crippen LogP contribution is -2.76. The van der Waals surface area contributed by atoms with Crippen molar-refractivity contribution in [1.82, 2.24) is 4.90 Å². The van der Waals surface area contributed by atoms with E-state index in [-0.39, 0.29) is 53.3 Å². The van der Waals surface area contributed by atoms with Gasteiger partial charge in [0.05, 0.1) is 30.5 Å². The molecular formula is C33H45NO7. The molecule has 41 heavy (non-hydrogen) atoms. The quantitative estimate of drug-likeness (QED) is 0.366. The number of carbonyl (C=O) groups is 1. The van der Waals surface area contributed by atoms with Gasteiger partial charge in [-0.2, -0.15) is 0 Å². The fraction of sp³-hybridized carbons (Fsp3) is 0.727. The monoisotopic (exact) mass is 567 g/mol. The summed E-state index contributed by atoms with van der Waals surface area (Å²) in [5, 5.41) is 25.2. The van der Waals surface area contributed by atoms with Gasteiger partial charge in [-0.15, -0.1) is 0 Å². The highest BCUT2D eigenvalue weighted by molar-refractivity contribution is 5.87. The van der Waals surface area contributed by atoms with Crippen molar-refractivity contribution in [3.8, 4) is 0 Å². The van der Waals surface area contributed by atoms with E-state index in [1.54, 1.807) is 27.4 Å². The molecule has 7 bridgehead atoms. The molecule has 6 aliphatic rings. The number of rotatable bonds is 8. The molecule has 1 aliphatic heterocycles. The predicted octanol–water partition coefficient (Wildman–Crippen LogP) is 2.77. The molecule has 7 rings (SSSR count). The van der Waals surface area contributed by atoms with Gasteiger partial charge in [0.15, 0.2) is 0 Å². The third-order valence-corrected chi connectivity index (χ3v) is 12.6. The summed E-state index contributed by atoms with van der Waals surface area (Å²) in [4.78, 5) is 15.8. The van der Waals surface area contributed by atoms with Crippen LogP contribution in [0.4, 0.5) is 0 Å². The number of hydrogen-bond donors (Lipinski definition) is 2. The fourth-order valence-electron chi connectivity index (χ4n) is 11.7. The van der Waals surface area contributed by atoms with Crippen LogP contribution in [0.1, 0.15) is 38.2 Å². The van der Waals surface area contributed by atoms with Crippen molar-refractivity contribution in [3.63, 3.8) is 0 Å². The maximum absolute atomic E-state index is 13.3. The third kappa shape index (κ3) is 3.52. The smallest absolute Gasteiger partial charge is 0.331 e. The van der Waals surface area contributed by atoms with E-state index in [1.807, 2.05) is 30.3 Å². The Morgan fingerprint density at radius 3 is 2.59 bits per heavy atom. The van der Waals surface area contributed by atoms with Gasteiger partial charge in [0.1, 0.15) is 6.10 Å². The van der Waals surface area contributed by atoms with Gasteiger partial charge < -0.3 is 29.2 Å². The minimum absolute atomic E-state index is 0.0161. The van der Waals surface area contributed by atoms with Crippen LogP contribution < -0.4 is 0 Å². The number of benzene rings is 1. The Balaban J connectivity index is 1.34. The molecule has 0 amide bonds. The summed E-state index contributed by atoms with van der Waals surface area (Å²) >= 11 is 0. The highest BCUT2D eigenvalue weighted by Gasteiger charge is 2.86. The average molecular weight is 568 g/mol. The Kier molecular flexibility index (Phi) is 6.73. The number of likely N-dealkylation sites (tertiary alicyclic amines) is 1. The highest BCUT2D eigenvalue weighted by atomic mass is 16.5. The zero-order valence-corrected chi connectivity index (χ0v) is 24.6. The van der Waals surface area contributed by atoms with Gasteiger partial charge in [-0.05, 0) is 43.4 Å². The minimum atomic E-state index is -1.16. The van der Waals surface area contributed by atoms with Gasteiger partial charge in [0.2, 0.25) is 0 Å². The van der Waals surface area contributed by atoms with Gasteiger partial charge in [0.25, 0.3) is 0 Å². The number of ether oxygens (including phenoxy) is 4. The summed E-state index contributed by atoms with van der Waals surface area (Å²) in [6, 6.07) is 9.68. The van der Waals surface area contributed by atoms with E-state index in [1.165, 1.54) is 6.08 Å². The molecule has 1 aromatic carbocycles. The van der Waals surface area contributed by atoms with E-state index < -0.39 is 29.2 Å². The number of esters is 1. The number of hydrogen-bond acceptors (Lipinski definition) is 8. The second kappa shape index (κ2) is 9.86. The van der Waals surface area contributed by atoms with Gasteiger partial charge in [-0.25, -0.2) is 4.79 Å². The summed E-state index contributed by atoms with van der Waals surface area (Å²) in [5.74, 6) is -0.947. The molecule has 8 nitrogen and oxygen atoms in total. The lowest BCUT2D eigenvalue weighted by molar-refractivity contribution is -0.273. The van der Waals surface area contributed by atoms with E-state index in [9.17, 15) is 15.0 Å². The van der Waals surface area contributed by atoms with Crippen molar-refractivity contribution in [2.24, 2.45) is 40.4 Å². The molecule has 6 fully saturated rings. The summed E-state index contributed by atoms with van der Waals surface area (Å²) in [7, 11) is 5.24. The largest absolute Gasteiger partial charge is 0.458 e. The Hall–Kier alpha value is -1.81. The first kappa shape index (κ1) is 28.0. The molecule has 1 spiro atoms. The van der Waals surface area contributed by atoms with E-state index >= 15 is 0 Å². The molecule has 0 aromatic heterocycles. The first-order chi connectivity index (χ1) is 19.8. The molecule has 1 aromatic rings. The van der Waals surface area contributed by atoms with Crippen LogP contribution in [-0.2, 0) is 23.7 Å². The Morgan fingerprint density at radius 1 is 1.12 bits per heavy atom. The minimum Gasteiger partial charge on any atom is -0.458 e. The summed E-state index contributed by atoms with van der Waals surface area (Å²) in [5.41, 5.74) is -0.881. The van der Waals surface area contributed by atoms with E-state index in [0.717, 1.165) is 31.5 Å². The van der Waals surface area contributed by atoms with E-state index in [0.29, 0.717) is 19.4 Å². The van der Waals surface area contributed by atoms with Crippen molar-refractivity contribution < 1.29 is 34.0 Å². The second-order valence-electron chi connectivity index (χ2n) is 13.7. The third-order valence-electron chi connectivity index (χ3n) is 12.6. The predicted molar refractivity (Wildman–Crippen MR) is 152 cm³/mol.